The second-order valence-electron chi connectivity index (χ2n) is 6.10. The number of fused-ring (bicyclic) bond motifs is 1. The van der Waals surface area contributed by atoms with Crippen molar-refractivity contribution in [2.24, 2.45) is 5.92 Å². The van der Waals surface area contributed by atoms with Crippen LogP contribution >= 0.6 is 0 Å². The third-order valence-electron chi connectivity index (χ3n) is 3.90. The number of carboxylic acids is 1. The van der Waals surface area contributed by atoms with Crippen LogP contribution in [0, 0.1) is 19.8 Å². The standard InChI is InChI=1S/C17H22N2O3/c1-9(2)8-14(17(21)22)19-16(20)13-7-5-6-12-10(3)11(4)18-15(12)13/h5-7,9,14,18H,8H2,1-4H3,(H,19,20)(H,21,22)/t14-/m1/s1. The van der Waals surface area contributed by atoms with Gasteiger partial charge in [0.1, 0.15) is 6.04 Å². The van der Waals surface area contributed by atoms with E-state index in [-0.39, 0.29) is 11.8 Å². The molecule has 0 aliphatic heterocycles. The van der Waals surface area contributed by atoms with Gasteiger partial charge >= 0.3 is 5.97 Å². The largest absolute Gasteiger partial charge is 0.480 e. The Labute approximate surface area is 129 Å². The highest BCUT2D eigenvalue weighted by Crippen LogP contribution is 2.24. The average Bonchev–Trinajstić information content (AvgIpc) is 2.73. The number of aromatic nitrogens is 1. The van der Waals surface area contributed by atoms with Crippen LogP contribution in [0.1, 0.15) is 41.9 Å². The lowest BCUT2D eigenvalue weighted by Crippen LogP contribution is -2.41. The number of rotatable bonds is 5. The number of hydrogen-bond donors (Lipinski definition) is 3. The zero-order valence-corrected chi connectivity index (χ0v) is 13.4. The van der Waals surface area contributed by atoms with Crippen LogP contribution in [0.25, 0.3) is 10.9 Å². The number of carbonyl (C=O) groups is 2. The first-order chi connectivity index (χ1) is 10.3. The van der Waals surface area contributed by atoms with Crippen LogP contribution in [-0.2, 0) is 4.79 Å². The highest BCUT2D eigenvalue weighted by Gasteiger charge is 2.23. The van der Waals surface area contributed by atoms with Gasteiger partial charge in [0.25, 0.3) is 5.91 Å². The predicted octanol–water partition coefficient (Wildman–Crippen LogP) is 3.01. The summed E-state index contributed by atoms with van der Waals surface area (Å²) in [5.74, 6) is -1.18. The van der Waals surface area contributed by atoms with E-state index in [9.17, 15) is 14.7 Å². The molecule has 0 aliphatic rings. The lowest BCUT2D eigenvalue weighted by molar-refractivity contribution is -0.139. The molecule has 118 valence electrons. The summed E-state index contributed by atoms with van der Waals surface area (Å²) in [4.78, 5) is 27.0. The van der Waals surface area contributed by atoms with E-state index in [1.54, 1.807) is 6.07 Å². The van der Waals surface area contributed by atoms with E-state index in [2.05, 4.69) is 10.3 Å². The molecule has 1 heterocycles. The van der Waals surface area contributed by atoms with Gasteiger partial charge in [-0.1, -0.05) is 26.0 Å². The van der Waals surface area contributed by atoms with Gasteiger partial charge < -0.3 is 15.4 Å². The summed E-state index contributed by atoms with van der Waals surface area (Å²) >= 11 is 0. The Kier molecular flexibility index (Phi) is 4.54. The molecule has 5 heteroatoms. The molecule has 2 aromatic rings. The normalized spacial score (nSPS) is 12.6. The lowest BCUT2D eigenvalue weighted by atomic mass is 10.0. The van der Waals surface area contributed by atoms with Gasteiger partial charge in [-0.25, -0.2) is 4.79 Å². The minimum absolute atomic E-state index is 0.187. The minimum atomic E-state index is -1.01. The SMILES string of the molecule is Cc1[nH]c2c(C(=O)N[C@H](CC(C)C)C(=O)O)cccc2c1C. The zero-order valence-electron chi connectivity index (χ0n) is 13.4. The van der Waals surface area contributed by atoms with E-state index in [1.807, 2.05) is 39.8 Å². The highest BCUT2D eigenvalue weighted by molar-refractivity contribution is 6.07. The Bertz CT molecular complexity index is 716. The summed E-state index contributed by atoms with van der Waals surface area (Å²) in [6.45, 7) is 7.81. The zero-order chi connectivity index (χ0) is 16.4. The Morgan fingerprint density at radius 1 is 1.27 bits per heavy atom. The molecule has 5 nitrogen and oxygen atoms in total. The lowest BCUT2D eigenvalue weighted by Gasteiger charge is -2.16. The molecule has 2 rings (SSSR count). The maximum Gasteiger partial charge on any atom is 0.326 e. The van der Waals surface area contributed by atoms with Gasteiger partial charge in [0.2, 0.25) is 0 Å². The number of benzene rings is 1. The number of aliphatic carboxylic acids is 1. The molecule has 0 saturated carbocycles. The van der Waals surface area contributed by atoms with Crippen LogP contribution in [-0.4, -0.2) is 28.0 Å². The first-order valence-corrected chi connectivity index (χ1v) is 7.42. The Hall–Kier alpha value is -2.30. The van der Waals surface area contributed by atoms with Gasteiger partial charge in [-0.05, 0) is 37.8 Å². The van der Waals surface area contributed by atoms with E-state index >= 15 is 0 Å². The number of nitrogens with one attached hydrogen (secondary N) is 2. The van der Waals surface area contributed by atoms with Crippen molar-refractivity contribution in [2.45, 2.75) is 40.2 Å². The Balaban J connectivity index is 2.33. The highest BCUT2D eigenvalue weighted by atomic mass is 16.4. The molecule has 0 spiro atoms. The number of carbonyl (C=O) groups excluding carboxylic acids is 1. The molecule has 3 N–H and O–H groups in total. The maximum atomic E-state index is 12.5. The number of carboxylic acid groups (broad SMARTS) is 1. The van der Waals surface area contributed by atoms with Crippen LogP contribution in [0.2, 0.25) is 0 Å². The minimum Gasteiger partial charge on any atom is -0.480 e. The fraction of sp³-hybridized carbons (Fsp3) is 0.412. The van der Waals surface area contributed by atoms with Crippen LogP contribution < -0.4 is 5.32 Å². The molecule has 0 radical (unpaired) electrons. The van der Waals surface area contributed by atoms with Crippen molar-refractivity contribution >= 4 is 22.8 Å². The van der Waals surface area contributed by atoms with Crippen molar-refractivity contribution in [3.8, 4) is 0 Å². The van der Waals surface area contributed by atoms with Crippen molar-refractivity contribution in [3.05, 3.63) is 35.0 Å². The van der Waals surface area contributed by atoms with Crippen molar-refractivity contribution in [3.63, 3.8) is 0 Å². The van der Waals surface area contributed by atoms with Gasteiger partial charge in [0.05, 0.1) is 11.1 Å². The van der Waals surface area contributed by atoms with E-state index < -0.39 is 12.0 Å². The fourth-order valence-electron chi connectivity index (χ4n) is 2.60. The first-order valence-electron chi connectivity index (χ1n) is 7.42. The molecule has 1 amide bonds. The molecule has 1 aromatic heterocycles. The molecule has 0 saturated heterocycles. The van der Waals surface area contributed by atoms with Gasteiger partial charge in [-0.2, -0.15) is 0 Å². The van der Waals surface area contributed by atoms with Crippen LogP contribution in [0.5, 0.6) is 0 Å². The van der Waals surface area contributed by atoms with Crippen molar-refractivity contribution in [1.82, 2.24) is 10.3 Å². The molecular formula is C17H22N2O3. The summed E-state index contributed by atoms with van der Waals surface area (Å²) in [7, 11) is 0. The van der Waals surface area contributed by atoms with E-state index in [1.165, 1.54) is 0 Å². The number of amides is 1. The summed E-state index contributed by atoms with van der Waals surface area (Å²) in [6, 6.07) is 4.60. The molecule has 1 aromatic carbocycles. The summed E-state index contributed by atoms with van der Waals surface area (Å²) in [5, 5.41) is 12.9. The molecule has 1 atom stereocenters. The Morgan fingerprint density at radius 3 is 2.55 bits per heavy atom. The number of aryl methyl sites for hydroxylation is 2. The van der Waals surface area contributed by atoms with E-state index in [4.69, 9.17) is 0 Å². The topological polar surface area (TPSA) is 82.2 Å². The second-order valence-corrected chi connectivity index (χ2v) is 6.10. The fourth-order valence-corrected chi connectivity index (χ4v) is 2.60. The third kappa shape index (κ3) is 3.13. The van der Waals surface area contributed by atoms with Gasteiger partial charge in [-0.3, -0.25) is 4.79 Å². The molecular weight excluding hydrogens is 280 g/mol. The quantitative estimate of drug-likeness (QED) is 0.794. The molecule has 0 unspecified atom stereocenters. The van der Waals surface area contributed by atoms with Gasteiger partial charge in [-0.15, -0.1) is 0 Å². The van der Waals surface area contributed by atoms with E-state index in [0.717, 1.165) is 22.2 Å². The first kappa shape index (κ1) is 16.1. The summed E-state index contributed by atoms with van der Waals surface area (Å²) in [6.07, 6.45) is 0.403. The Morgan fingerprint density at radius 2 is 1.95 bits per heavy atom. The van der Waals surface area contributed by atoms with Crippen LogP contribution in [0.15, 0.2) is 18.2 Å². The smallest absolute Gasteiger partial charge is 0.326 e. The number of H-pyrrole nitrogens is 1. The molecule has 0 fully saturated rings. The van der Waals surface area contributed by atoms with E-state index in [0.29, 0.717) is 12.0 Å². The van der Waals surface area contributed by atoms with Crippen molar-refractivity contribution in [2.75, 3.05) is 0 Å². The van der Waals surface area contributed by atoms with Gasteiger partial charge in [0.15, 0.2) is 0 Å². The summed E-state index contributed by atoms with van der Waals surface area (Å²) in [5.41, 5.74) is 3.33. The maximum absolute atomic E-state index is 12.5. The summed E-state index contributed by atoms with van der Waals surface area (Å²) < 4.78 is 0. The number of hydrogen-bond acceptors (Lipinski definition) is 2. The van der Waals surface area contributed by atoms with Crippen molar-refractivity contribution < 1.29 is 14.7 Å². The van der Waals surface area contributed by atoms with Crippen LogP contribution in [0.4, 0.5) is 0 Å². The van der Waals surface area contributed by atoms with Crippen molar-refractivity contribution in [1.29, 1.82) is 0 Å². The molecule has 0 bridgehead atoms. The predicted molar refractivity (Wildman–Crippen MR) is 86.1 cm³/mol. The van der Waals surface area contributed by atoms with Gasteiger partial charge in [0, 0.05) is 11.1 Å². The molecule has 22 heavy (non-hydrogen) atoms. The molecule has 0 aliphatic carbocycles. The average molecular weight is 302 g/mol. The number of aromatic amines is 1. The second kappa shape index (κ2) is 6.22. The monoisotopic (exact) mass is 302 g/mol. The van der Waals surface area contributed by atoms with Crippen LogP contribution in [0.3, 0.4) is 0 Å². The number of para-hydroxylation sites is 1. The third-order valence-corrected chi connectivity index (χ3v) is 3.90.